The van der Waals surface area contributed by atoms with Gasteiger partial charge in [-0.1, -0.05) is 149 Å². The lowest BCUT2D eigenvalue weighted by Crippen LogP contribution is -2.27. The molecule has 2 heteroatoms. The lowest BCUT2D eigenvalue weighted by molar-refractivity contribution is 0.632. The van der Waals surface area contributed by atoms with Crippen LogP contribution < -0.4 is 4.90 Å². The molecule has 2 heterocycles. The fraction of sp³-hybridized carbons (Fsp3) is 0.111. The largest absolute Gasteiger partial charge is 0.310 e. The van der Waals surface area contributed by atoms with Crippen molar-refractivity contribution in [2.45, 2.75) is 38.5 Å². The molecule has 2 nitrogen and oxygen atoms in total. The molecule has 0 amide bonds. The summed E-state index contributed by atoms with van der Waals surface area (Å²) >= 11 is 0. The molecule has 0 radical (unpaired) electrons. The van der Waals surface area contributed by atoms with E-state index in [1.165, 1.54) is 83.1 Å². The van der Waals surface area contributed by atoms with Crippen molar-refractivity contribution in [3.05, 3.63) is 204 Å². The van der Waals surface area contributed by atoms with Gasteiger partial charge in [-0.15, -0.1) is 0 Å². The van der Waals surface area contributed by atoms with E-state index in [0.717, 1.165) is 17.1 Å². The van der Waals surface area contributed by atoms with Crippen LogP contribution in [-0.4, -0.2) is 4.57 Å². The van der Waals surface area contributed by atoms with Crippen LogP contribution in [-0.2, 0) is 10.8 Å². The fourth-order valence-electron chi connectivity index (χ4n) is 10.0. The molecule has 0 saturated heterocycles. The SMILES string of the molecule is CC1(C)c2ccccc2-c2ccc(N(c3ccccc3)c3ccc(-c4cc5c6c(c4)c4ccccc4n6-c4cccc(-c6ccccc6)c4C5(C)C)cc3)cc21. The van der Waals surface area contributed by atoms with Gasteiger partial charge in [-0.05, 0) is 116 Å². The number of benzene rings is 8. The van der Waals surface area contributed by atoms with Crippen molar-refractivity contribution in [1.29, 1.82) is 0 Å². The van der Waals surface area contributed by atoms with Crippen LogP contribution in [0.4, 0.5) is 17.1 Å². The highest BCUT2D eigenvalue weighted by molar-refractivity contribution is 6.13. The van der Waals surface area contributed by atoms with E-state index in [4.69, 9.17) is 0 Å². The first-order valence-corrected chi connectivity index (χ1v) is 19.8. The molecule has 1 aromatic heterocycles. The zero-order chi connectivity index (χ0) is 37.8. The Labute approximate surface area is 328 Å². The molecule has 2 aliphatic rings. The van der Waals surface area contributed by atoms with Crippen molar-refractivity contribution in [3.8, 4) is 39.1 Å². The van der Waals surface area contributed by atoms with Gasteiger partial charge in [-0.2, -0.15) is 0 Å². The van der Waals surface area contributed by atoms with Gasteiger partial charge in [0, 0.05) is 38.7 Å². The van der Waals surface area contributed by atoms with Gasteiger partial charge in [0.05, 0.1) is 16.7 Å². The van der Waals surface area contributed by atoms with E-state index in [2.05, 4.69) is 219 Å². The summed E-state index contributed by atoms with van der Waals surface area (Å²) in [5.74, 6) is 0. The summed E-state index contributed by atoms with van der Waals surface area (Å²) in [7, 11) is 0. The van der Waals surface area contributed by atoms with E-state index >= 15 is 0 Å². The van der Waals surface area contributed by atoms with E-state index in [1.807, 2.05) is 0 Å². The van der Waals surface area contributed by atoms with Gasteiger partial charge in [0.1, 0.15) is 0 Å². The number of fused-ring (bicyclic) bond motifs is 8. The minimum atomic E-state index is -0.245. The van der Waals surface area contributed by atoms with E-state index in [-0.39, 0.29) is 10.8 Å². The Bertz CT molecular complexity index is 3000. The summed E-state index contributed by atoms with van der Waals surface area (Å²) in [5, 5.41) is 2.58. The summed E-state index contributed by atoms with van der Waals surface area (Å²) in [6.07, 6.45) is 0. The van der Waals surface area contributed by atoms with Crippen LogP contribution in [0.5, 0.6) is 0 Å². The first-order valence-electron chi connectivity index (χ1n) is 19.8. The standard InChI is InChI=1S/C54H42N2/c1-53(2)46-23-13-11-20-42(46)43-31-30-40(34-47(43)53)55(38-18-9-6-10-19-38)39-28-26-35(27-29-39)37-32-45-44-21-12-14-24-49(44)56-50-25-15-22-41(36-16-7-5-8-17-36)51(50)54(3,4)48(33-37)52(45)56/h5-34H,1-4H3. The van der Waals surface area contributed by atoms with Crippen LogP contribution in [0.15, 0.2) is 182 Å². The number of hydrogen-bond acceptors (Lipinski definition) is 1. The van der Waals surface area contributed by atoms with Crippen LogP contribution in [0.2, 0.25) is 0 Å². The predicted octanol–water partition coefficient (Wildman–Crippen LogP) is 14.5. The van der Waals surface area contributed by atoms with E-state index < -0.39 is 0 Å². The Morgan fingerprint density at radius 1 is 0.393 bits per heavy atom. The highest BCUT2D eigenvalue weighted by Gasteiger charge is 2.38. The Kier molecular flexibility index (Phi) is 6.98. The third kappa shape index (κ3) is 4.62. The molecule has 0 fully saturated rings. The van der Waals surface area contributed by atoms with Gasteiger partial charge < -0.3 is 9.47 Å². The van der Waals surface area contributed by atoms with Crippen LogP contribution in [0.3, 0.4) is 0 Å². The molecule has 0 saturated carbocycles. The lowest BCUT2D eigenvalue weighted by Gasteiger charge is -2.37. The summed E-state index contributed by atoms with van der Waals surface area (Å²) in [4.78, 5) is 2.40. The predicted molar refractivity (Wildman–Crippen MR) is 236 cm³/mol. The van der Waals surface area contributed by atoms with Crippen LogP contribution in [0, 0.1) is 0 Å². The smallest absolute Gasteiger partial charge is 0.0582 e. The summed E-state index contributed by atoms with van der Waals surface area (Å²) < 4.78 is 2.52. The van der Waals surface area contributed by atoms with Crippen LogP contribution >= 0.6 is 0 Å². The van der Waals surface area contributed by atoms with Crippen molar-refractivity contribution >= 4 is 38.9 Å². The maximum absolute atomic E-state index is 2.52. The van der Waals surface area contributed by atoms with Crippen molar-refractivity contribution in [2.24, 2.45) is 0 Å². The lowest BCUT2D eigenvalue weighted by atomic mass is 9.71. The minimum absolute atomic E-state index is 0.0770. The highest BCUT2D eigenvalue weighted by Crippen LogP contribution is 2.53. The fourth-order valence-corrected chi connectivity index (χ4v) is 10.0. The zero-order valence-electron chi connectivity index (χ0n) is 32.2. The van der Waals surface area contributed by atoms with Crippen molar-refractivity contribution < 1.29 is 0 Å². The Morgan fingerprint density at radius 3 is 1.84 bits per heavy atom. The maximum Gasteiger partial charge on any atom is 0.0582 e. The van der Waals surface area contributed by atoms with Crippen LogP contribution in [0.1, 0.15) is 49.9 Å². The molecule has 268 valence electrons. The monoisotopic (exact) mass is 718 g/mol. The first kappa shape index (κ1) is 32.8. The highest BCUT2D eigenvalue weighted by atomic mass is 15.1. The molecule has 0 unspecified atom stereocenters. The molecular formula is C54H42N2. The maximum atomic E-state index is 2.52. The van der Waals surface area contributed by atoms with E-state index in [1.54, 1.807) is 0 Å². The van der Waals surface area contributed by atoms with Gasteiger partial charge in [-0.3, -0.25) is 0 Å². The molecule has 0 atom stereocenters. The number of para-hydroxylation sites is 2. The van der Waals surface area contributed by atoms with Gasteiger partial charge in [0.25, 0.3) is 0 Å². The molecule has 56 heavy (non-hydrogen) atoms. The van der Waals surface area contributed by atoms with Crippen molar-refractivity contribution in [1.82, 2.24) is 4.57 Å². The Balaban J connectivity index is 1.06. The molecule has 1 aliphatic heterocycles. The average molecular weight is 719 g/mol. The number of nitrogens with zero attached hydrogens (tertiary/aromatic N) is 2. The number of rotatable bonds is 5. The number of aromatic nitrogens is 1. The molecule has 8 aromatic carbocycles. The first-order chi connectivity index (χ1) is 27.3. The molecule has 9 aromatic rings. The number of anilines is 3. The molecule has 0 N–H and O–H groups in total. The quantitative estimate of drug-likeness (QED) is 0.172. The number of hydrogen-bond donors (Lipinski definition) is 0. The molecular weight excluding hydrogens is 677 g/mol. The van der Waals surface area contributed by atoms with Gasteiger partial charge in [0.15, 0.2) is 0 Å². The third-order valence-corrected chi connectivity index (χ3v) is 12.7. The normalized spacial score (nSPS) is 14.4. The van der Waals surface area contributed by atoms with Crippen molar-refractivity contribution in [3.63, 3.8) is 0 Å². The summed E-state index contributed by atoms with van der Waals surface area (Å²) in [5.41, 5.74) is 20.1. The average Bonchev–Trinajstić information content (AvgIpc) is 3.69. The second-order valence-electron chi connectivity index (χ2n) is 16.6. The Morgan fingerprint density at radius 2 is 1.04 bits per heavy atom. The zero-order valence-corrected chi connectivity index (χ0v) is 32.2. The topological polar surface area (TPSA) is 8.17 Å². The van der Waals surface area contributed by atoms with Crippen LogP contribution in [0.25, 0.3) is 60.9 Å². The molecule has 1 aliphatic carbocycles. The second-order valence-corrected chi connectivity index (χ2v) is 16.6. The van der Waals surface area contributed by atoms with Gasteiger partial charge in [-0.25, -0.2) is 0 Å². The molecule has 11 rings (SSSR count). The second kappa shape index (κ2) is 11.9. The molecule has 0 spiro atoms. The third-order valence-electron chi connectivity index (χ3n) is 12.7. The summed E-state index contributed by atoms with van der Waals surface area (Å²) in [6.45, 7) is 9.53. The summed E-state index contributed by atoms with van der Waals surface area (Å²) in [6, 6.07) is 67.4. The van der Waals surface area contributed by atoms with Gasteiger partial charge >= 0.3 is 0 Å². The van der Waals surface area contributed by atoms with Gasteiger partial charge in [0.2, 0.25) is 0 Å². The van der Waals surface area contributed by atoms with E-state index in [0.29, 0.717) is 0 Å². The molecule has 0 bridgehead atoms. The Hall–Kier alpha value is -6.64. The van der Waals surface area contributed by atoms with Crippen molar-refractivity contribution in [2.75, 3.05) is 4.90 Å². The van der Waals surface area contributed by atoms with E-state index in [9.17, 15) is 0 Å². The minimum Gasteiger partial charge on any atom is -0.310 e.